The van der Waals surface area contributed by atoms with Gasteiger partial charge in [-0.1, -0.05) is 0 Å². The van der Waals surface area contributed by atoms with Gasteiger partial charge in [0.2, 0.25) is 0 Å². The van der Waals surface area contributed by atoms with Crippen LogP contribution in [0.3, 0.4) is 0 Å². The molecule has 1 aromatic heterocycles. The van der Waals surface area contributed by atoms with Crippen LogP contribution in [0.4, 0.5) is 11.5 Å². The van der Waals surface area contributed by atoms with E-state index >= 15 is 0 Å². The maximum Gasteiger partial charge on any atom is 0.257 e. The lowest BCUT2D eigenvalue weighted by Gasteiger charge is -2.19. The van der Waals surface area contributed by atoms with Crippen LogP contribution in [0.15, 0.2) is 36.5 Å². The number of aromatic nitrogens is 1. The molecule has 128 valence electrons. The second-order valence-corrected chi connectivity index (χ2v) is 5.10. The molecule has 0 aliphatic rings. The molecular weight excluding hydrogens is 306 g/mol. The summed E-state index contributed by atoms with van der Waals surface area (Å²) in [4.78, 5) is 18.9. The van der Waals surface area contributed by atoms with Crippen LogP contribution < -0.4 is 19.7 Å². The second kappa shape index (κ2) is 8.19. The van der Waals surface area contributed by atoms with E-state index in [1.165, 1.54) is 0 Å². The first kappa shape index (κ1) is 17.6. The Bertz CT molecular complexity index is 682. The molecule has 0 radical (unpaired) electrons. The van der Waals surface area contributed by atoms with Crippen LogP contribution in [0.2, 0.25) is 0 Å². The van der Waals surface area contributed by atoms with E-state index in [9.17, 15) is 4.79 Å². The number of carbonyl (C=O) groups is 1. The van der Waals surface area contributed by atoms with Gasteiger partial charge in [-0.15, -0.1) is 0 Å². The molecule has 0 atom stereocenters. The smallest absolute Gasteiger partial charge is 0.257 e. The van der Waals surface area contributed by atoms with Gasteiger partial charge in [-0.05, 0) is 38.1 Å². The summed E-state index contributed by atoms with van der Waals surface area (Å²) in [7, 11) is 3.13. The van der Waals surface area contributed by atoms with Crippen molar-refractivity contribution in [1.82, 2.24) is 4.98 Å². The van der Waals surface area contributed by atoms with Gasteiger partial charge in [0.1, 0.15) is 17.3 Å². The zero-order valence-corrected chi connectivity index (χ0v) is 14.5. The average molecular weight is 329 g/mol. The van der Waals surface area contributed by atoms with Crippen LogP contribution >= 0.6 is 0 Å². The molecule has 1 heterocycles. The van der Waals surface area contributed by atoms with Crippen molar-refractivity contribution in [2.24, 2.45) is 0 Å². The van der Waals surface area contributed by atoms with Crippen LogP contribution in [0.25, 0.3) is 0 Å². The van der Waals surface area contributed by atoms with Crippen molar-refractivity contribution in [3.8, 4) is 11.5 Å². The maximum atomic E-state index is 12.4. The number of anilines is 2. The molecule has 1 N–H and O–H groups in total. The number of rotatable bonds is 7. The molecule has 1 amide bonds. The van der Waals surface area contributed by atoms with E-state index < -0.39 is 0 Å². The van der Waals surface area contributed by atoms with Gasteiger partial charge in [0.05, 0.1) is 25.5 Å². The van der Waals surface area contributed by atoms with Crippen molar-refractivity contribution in [1.29, 1.82) is 0 Å². The summed E-state index contributed by atoms with van der Waals surface area (Å²) in [5.41, 5.74) is 1.03. The molecular formula is C18H23N3O3. The van der Waals surface area contributed by atoms with E-state index in [2.05, 4.69) is 29.0 Å². The lowest BCUT2D eigenvalue weighted by atomic mass is 10.2. The van der Waals surface area contributed by atoms with Gasteiger partial charge in [0.25, 0.3) is 5.91 Å². The summed E-state index contributed by atoms with van der Waals surface area (Å²) in [5.74, 6) is 1.81. The van der Waals surface area contributed by atoms with E-state index in [0.29, 0.717) is 22.7 Å². The number of nitrogens with zero attached hydrogens (tertiary/aromatic N) is 2. The number of nitrogens with one attached hydrogen (secondary N) is 1. The predicted molar refractivity (Wildman–Crippen MR) is 95.3 cm³/mol. The normalized spacial score (nSPS) is 10.2. The highest BCUT2D eigenvalue weighted by molar-refractivity contribution is 6.05. The van der Waals surface area contributed by atoms with E-state index in [-0.39, 0.29) is 5.91 Å². The summed E-state index contributed by atoms with van der Waals surface area (Å²) in [6.45, 7) is 5.88. The molecule has 0 aliphatic heterocycles. The summed E-state index contributed by atoms with van der Waals surface area (Å²) in [5, 5.41) is 2.83. The number of hydrogen-bond acceptors (Lipinski definition) is 5. The molecule has 2 aromatic rings. The highest BCUT2D eigenvalue weighted by Gasteiger charge is 2.12. The molecule has 0 fully saturated rings. The minimum Gasteiger partial charge on any atom is -0.497 e. The summed E-state index contributed by atoms with van der Waals surface area (Å²) in [6, 6.07) is 8.85. The molecule has 0 unspecified atom stereocenters. The first-order valence-electron chi connectivity index (χ1n) is 7.87. The fraction of sp³-hybridized carbons (Fsp3) is 0.333. The number of pyridine rings is 1. The van der Waals surface area contributed by atoms with Crippen LogP contribution in [-0.2, 0) is 0 Å². The Labute approximate surface area is 142 Å². The highest BCUT2D eigenvalue weighted by Crippen LogP contribution is 2.29. The van der Waals surface area contributed by atoms with Gasteiger partial charge in [0, 0.05) is 25.4 Å². The van der Waals surface area contributed by atoms with Gasteiger partial charge in [0.15, 0.2) is 0 Å². The monoisotopic (exact) mass is 329 g/mol. The minimum absolute atomic E-state index is 0.250. The Morgan fingerprint density at radius 3 is 2.42 bits per heavy atom. The molecule has 2 rings (SSSR count). The maximum absolute atomic E-state index is 12.4. The molecule has 6 heteroatoms. The van der Waals surface area contributed by atoms with Crippen molar-refractivity contribution < 1.29 is 14.3 Å². The SMILES string of the molecule is CCN(CC)c1ccc(C(=O)Nc2cc(OC)ccc2OC)cn1. The molecule has 0 saturated carbocycles. The summed E-state index contributed by atoms with van der Waals surface area (Å²) in [6.07, 6.45) is 1.58. The van der Waals surface area contributed by atoms with Crippen molar-refractivity contribution >= 4 is 17.4 Å². The largest absolute Gasteiger partial charge is 0.497 e. The Balaban J connectivity index is 2.18. The number of hydrogen-bond donors (Lipinski definition) is 1. The zero-order chi connectivity index (χ0) is 17.5. The third-order valence-corrected chi connectivity index (χ3v) is 3.75. The van der Waals surface area contributed by atoms with Gasteiger partial charge >= 0.3 is 0 Å². The number of methoxy groups -OCH3 is 2. The van der Waals surface area contributed by atoms with Crippen LogP contribution in [0.1, 0.15) is 24.2 Å². The Morgan fingerprint density at radius 1 is 1.12 bits per heavy atom. The second-order valence-electron chi connectivity index (χ2n) is 5.10. The van der Waals surface area contributed by atoms with Crippen LogP contribution in [-0.4, -0.2) is 38.2 Å². The Kier molecular flexibility index (Phi) is 6.01. The molecule has 1 aromatic carbocycles. The van der Waals surface area contributed by atoms with Crippen molar-refractivity contribution in [3.63, 3.8) is 0 Å². The van der Waals surface area contributed by atoms with Gasteiger partial charge < -0.3 is 19.7 Å². The quantitative estimate of drug-likeness (QED) is 0.845. The van der Waals surface area contributed by atoms with Crippen molar-refractivity contribution in [3.05, 3.63) is 42.1 Å². The Morgan fingerprint density at radius 2 is 1.88 bits per heavy atom. The minimum atomic E-state index is -0.250. The summed E-state index contributed by atoms with van der Waals surface area (Å²) >= 11 is 0. The van der Waals surface area contributed by atoms with Crippen LogP contribution in [0, 0.1) is 0 Å². The number of amides is 1. The summed E-state index contributed by atoms with van der Waals surface area (Å²) < 4.78 is 10.5. The van der Waals surface area contributed by atoms with E-state index in [1.807, 2.05) is 6.07 Å². The molecule has 24 heavy (non-hydrogen) atoms. The number of benzene rings is 1. The molecule has 6 nitrogen and oxygen atoms in total. The van der Waals surface area contributed by atoms with Gasteiger partial charge in [-0.2, -0.15) is 0 Å². The van der Waals surface area contributed by atoms with Crippen LogP contribution in [0.5, 0.6) is 11.5 Å². The topological polar surface area (TPSA) is 63.7 Å². The van der Waals surface area contributed by atoms with E-state index in [4.69, 9.17) is 9.47 Å². The molecule has 0 saturated heterocycles. The van der Waals surface area contributed by atoms with Crippen molar-refractivity contribution in [2.45, 2.75) is 13.8 Å². The molecule has 0 bridgehead atoms. The third-order valence-electron chi connectivity index (χ3n) is 3.75. The van der Waals surface area contributed by atoms with E-state index in [1.54, 1.807) is 44.7 Å². The number of ether oxygens (including phenoxy) is 2. The fourth-order valence-corrected chi connectivity index (χ4v) is 2.36. The standard InChI is InChI=1S/C18H23N3O3/c1-5-21(6-2)17-10-7-13(12-19-17)18(22)20-15-11-14(23-3)8-9-16(15)24-4/h7-12H,5-6H2,1-4H3,(H,20,22). The van der Waals surface area contributed by atoms with Gasteiger partial charge in [-0.25, -0.2) is 4.98 Å². The zero-order valence-electron chi connectivity index (χ0n) is 14.5. The predicted octanol–water partition coefficient (Wildman–Crippen LogP) is 3.20. The lowest BCUT2D eigenvalue weighted by Crippen LogP contribution is -2.23. The number of carbonyl (C=O) groups excluding carboxylic acids is 1. The van der Waals surface area contributed by atoms with E-state index in [0.717, 1.165) is 18.9 Å². The molecule has 0 aliphatic carbocycles. The van der Waals surface area contributed by atoms with Gasteiger partial charge in [-0.3, -0.25) is 4.79 Å². The molecule has 0 spiro atoms. The lowest BCUT2D eigenvalue weighted by molar-refractivity contribution is 0.102. The highest BCUT2D eigenvalue weighted by atomic mass is 16.5. The first-order chi connectivity index (χ1) is 11.6. The Hall–Kier alpha value is -2.76. The van der Waals surface area contributed by atoms with Crippen molar-refractivity contribution in [2.75, 3.05) is 37.5 Å². The third kappa shape index (κ3) is 3.95. The fourth-order valence-electron chi connectivity index (χ4n) is 2.36. The average Bonchev–Trinajstić information content (AvgIpc) is 2.63. The first-order valence-corrected chi connectivity index (χ1v) is 7.87.